The van der Waals surface area contributed by atoms with E-state index in [1.54, 1.807) is 0 Å². The summed E-state index contributed by atoms with van der Waals surface area (Å²) in [6.45, 7) is 4.92. The quantitative estimate of drug-likeness (QED) is 0.653. The van der Waals surface area contributed by atoms with Crippen molar-refractivity contribution < 1.29 is 0 Å². The molecular weight excluding hydrogens is 292 g/mol. The van der Waals surface area contributed by atoms with Gasteiger partial charge in [-0.15, -0.1) is 0 Å². The fourth-order valence-corrected chi connectivity index (χ4v) is 2.78. The molecule has 2 aromatic carbocycles. The van der Waals surface area contributed by atoms with Crippen molar-refractivity contribution in [1.29, 1.82) is 0 Å². The first-order valence-corrected chi connectivity index (χ1v) is 7.92. The minimum absolute atomic E-state index is 0.683. The van der Waals surface area contributed by atoms with Crippen molar-refractivity contribution in [2.45, 2.75) is 26.8 Å². The second-order valence-electron chi connectivity index (χ2n) is 5.49. The van der Waals surface area contributed by atoms with Crippen LogP contribution in [0.1, 0.15) is 23.7 Å². The van der Waals surface area contributed by atoms with E-state index in [1.807, 2.05) is 18.2 Å². The standard InChI is InChI=1S/C19H19ClN2/c1-3-17-12-19(15-9-6-7-14(2)11-15)22(21-17)13-16-8-4-5-10-18(16)20/h4-12H,3,13H2,1-2H3. The number of halogens is 1. The summed E-state index contributed by atoms with van der Waals surface area (Å²) in [7, 11) is 0. The maximum atomic E-state index is 6.30. The Morgan fingerprint density at radius 2 is 1.86 bits per heavy atom. The van der Waals surface area contributed by atoms with Gasteiger partial charge in [0.15, 0.2) is 0 Å². The van der Waals surface area contributed by atoms with E-state index in [2.05, 4.69) is 54.9 Å². The smallest absolute Gasteiger partial charge is 0.0689 e. The molecule has 0 saturated heterocycles. The summed E-state index contributed by atoms with van der Waals surface area (Å²) in [5, 5.41) is 5.51. The Balaban J connectivity index is 2.04. The molecule has 0 N–H and O–H groups in total. The number of rotatable bonds is 4. The van der Waals surface area contributed by atoms with Gasteiger partial charge in [-0.2, -0.15) is 5.10 Å². The van der Waals surface area contributed by atoms with Crippen molar-refractivity contribution in [2.24, 2.45) is 0 Å². The van der Waals surface area contributed by atoms with E-state index >= 15 is 0 Å². The first-order valence-electron chi connectivity index (χ1n) is 7.54. The molecule has 2 nitrogen and oxygen atoms in total. The van der Waals surface area contributed by atoms with Crippen molar-refractivity contribution in [3.05, 3.63) is 76.4 Å². The minimum Gasteiger partial charge on any atom is -0.260 e. The topological polar surface area (TPSA) is 17.8 Å². The maximum Gasteiger partial charge on any atom is 0.0689 e. The van der Waals surface area contributed by atoms with E-state index in [1.165, 1.54) is 11.1 Å². The zero-order chi connectivity index (χ0) is 15.5. The molecule has 3 aromatic rings. The molecule has 0 amide bonds. The molecule has 0 fully saturated rings. The molecule has 0 saturated carbocycles. The summed E-state index contributed by atoms with van der Waals surface area (Å²) in [6, 6.07) is 18.6. The van der Waals surface area contributed by atoms with E-state index in [9.17, 15) is 0 Å². The van der Waals surface area contributed by atoms with Crippen LogP contribution in [0, 0.1) is 6.92 Å². The Bertz CT molecular complexity index is 790. The van der Waals surface area contributed by atoms with Gasteiger partial charge in [0.2, 0.25) is 0 Å². The second kappa shape index (κ2) is 6.37. The summed E-state index contributed by atoms with van der Waals surface area (Å²) >= 11 is 6.30. The van der Waals surface area contributed by atoms with Crippen molar-refractivity contribution in [3.63, 3.8) is 0 Å². The predicted molar refractivity (Wildman–Crippen MR) is 92.3 cm³/mol. The van der Waals surface area contributed by atoms with Crippen LogP contribution in [0.2, 0.25) is 5.02 Å². The average Bonchev–Trinajstić information content (AvgIpc) is 2.93. The van der Waals surface area contributed by atoms with Crippen LogP contribution in [0.25, 0.3) is 11.3 Å². The second-order valence-corrected chi connectivity index (χ2v) is 5.90. The van der Waals surface area contributed by atoms with Crippen LogP contribution in [-0.2, 0) is 13.0 Å². The lowest BCUT2D eigenvalue weighted by Crippen LogP contribution is -2.05. The van der Waals surface area contributed by atoms with Crippen molar-refractivity contribution in [2.75, 3.05) is 0 Å². The molecule has 0 aliphatic rings. The van der Waals surface area contributed by atoms with E-state index in [-0.39, 0.29) is 0 Å². The molecule has 112 valence electrons. The number of hydrogen-bond acceptors (Lipinski definition) is 1. The van der Waals surface area contributed by atoms with Crippen molar-refractivity contribution in [1.82, 2.24) is 9.78 Å². The number of aryl methyl sites for hydroxylation is 2. The highest BCUT2D eigenvalue weighted by molar-refractivity contribution is 6.31. The zero-order valence-corrected chi connectivity index (χ0v) is 13.6. The number of benzene rings is 2. The van der Waals surface area contributed by atoms with Crippen molar-refractivity contribution in [3.8, 4) is 11.3 Å². The molecule has 0 radical (unpaired) electrons. The Kier molecular flexibility index (Phi) is 4.30. The van der Waals surface area contributed by atoms with Crippen LogP contribution in [0.5, 0.6) is 0 Å². The Labute approximate surface area is 136 Å². The van der Waals surface area contributed by atoms with E-state index in [0.717, 1.165) is 28.4 Å². The van der Waals surface area contributed by atoms with Crippen LogP contribution >= 0.6 is 11.6 Å². The number of aromatic nitrogens is 2. The monoisotopic (exact) mass is 310 g/mol. The largest absolute Gasteiger partial charge is 0.260 e. The Hall–Kier alpha value is -2.06. The van der Waals surface area contributed by atoms with Gasteiger partial charge >= 0.3 is 0 Å². The van der Waals surface area contributed by atoms with Gasteiger partial charge in [0, 0.05) is 10.6 Å². The van der Waals surface area contributed by atoms with Gasteiger partial charge in [-0.1, -0.05) is 60.5 Å². The summed E-state index contributed by atoms with van der Waals surface area (Å²) in [5.74, 6) is 0. The van der Waals surface area contributed by atoms with Gasteiger partial charge < -0.3 is 0 Å². The highest BCUT2D eigenvalue weighted by Crippen LogP contribution is 2.24. The third-order valence-corrected chi connectivity index (χ3v) is 4.15. The van der Waals surface area contributed by atoms with Gasteiger partial charge in [0.1, 0.15) is 0 Å². The Morgan fingerprint density at radius 1 is 1.05 bits per heavy atom. The molecule has 0 spiro atoms. The van der Waals surface area contributed by atoms with E-state index in [4.69, 9.17) is 16.7 Å². The van der Waals surface area contributed by atoms with Crippen LogP contribution in [0.3, 0.4) is 0 Å². The van der Waals surface area contributed by atoms with Gasteiger partial charge in [-0.25, -0.2) is 0 Å². The third kappa shape index (κ3) is 3.07. The minimum atomic E-state index is 0.683. The first kappa shape index (κ1) is 14.9. The highest BCUT2D eigenvalue weighted by Gasteiger charge is 2.11. The molecule has 0 aliphatic carbocycles. The van der Waals surface area contributed by atoms with Crippen LogP contribution in [-0.4, -0.2) is 9.78 Å². The molecule has 0 unspecified atom stereocenters. The Morgan fingerprint density at radius 3 is 2.59 bits per heavy atom. The van der Waals surface area contributed by atoms with E-state index in [0.29, 0.717) is 6.54 Å². The zero-order valence-electron chi connectivity index (χ0n) is 12.9. The lowest BCUT2D eigenvalue weighted by molar-refractivity contribution is 0.680. The average molecular weight is 311 g/mol. The predicted octanol–water partition coefficient (Wildman–Crippen LogP) is 5.12. The van der Waals surface area contributed by atoms with Crippen molar-refractivity contribution >= 4 is 11.6 Å². The van der Waals surface area contributed by atoms with E-state index < -0.39 is 0 Å². The number of nitrogens with zero attached hydrogens (tertiary/aromatic N) is 2. The molecule has 3 rings (SSSR count). The lowest BCUT2D eigenvalue weighted by atomic mass is 10.1. The summed E-state index contributed by atoms with van der Waals surface area (Å²) in [6.07, 6.45) is 0.925. The normalized spacial score (nSPS) is 10.9. The fourth-order valence-electron chi connectivity index (χ4n) is 2.59. The van der Waals surface area contributed by atoms with Gasteiger partial charge in [0.25, 0.3) is 0 Å². The molecule has 0 atom stereocenters. The van der Waals surface area contributed by atoms with Crippen LogP contribution < -0.4 is 0 Å². The molecular formula is C19H19ClN2. The maximum absolute atomic E-state index is 6.30. The number of hydrogen-bond donors (Lipinski definition) is 0. The van der Waals surface area contributed by atoms with Gasteiger partial charge in [0.05, 0.1) is 17.9 Å². The first-order chi connectivity index (χ1) is 10.7. The molecule has 0 aliphatic heterocycles. The van der Waals surface area contributed by atoms with Crippen LogP contribution in [0.15, 0.2) is 54.6 Å². The molecule has 1 heterocycles. The molecule has 22 heavy (non-hydrogen) atoms. The lowest BCUT2D eigenvalue weighted by Gasteiger charge is -2.09. The summed E-state index contributed by atoms with van der Waals surface area (Å²) < 4.78 is 2.05. The third-order valence-electron chi connectivity index (χ3n) is 3.78. The van der Waals surface area contributed by atoms with Gasteiger partial charge in [-0.05, 0) is 37.1 Å². The van der Waals surface area contributed by atoms with Gasteiger partial charge in [-0.3, -0.25) is 4.68 Å². The molecule has 3 heteroatoms. The summed E-state index contributed by atoms with van der Waals surface area (Å²) in [5.41, 5.74) is 5.77. The SMILES string of the molecule is CCc1cc(-c2cccc(C)c2)n(Cc2ccccc2Cl)n1. The summed E-state index contributed by atoms with van der Waals surface area (Å²) in [4.78, 5) is 0. The fraction of sp³-hybridized carbons (Fsp3) is 0.211. The molecule has 0 bridgehead atoms. The molecule has 1 aromatic heterocycles. The highest BCUT2D eigenvalue weighted by atomic mass is 35.5. The van der Waals surface area contributed by atoms with Crippen LogP contribution in [0.4, 0.5) is 0 Å².